The first kappa shape index (κ1) is 14.9. The number of hydrogen-bond acceptors (Lipinski definition) is 5. The fraction of sp³-hybridized carbons (Fsp3) is 1.00. The molecule has 5 nitrogen and oxygen atoms in total. The topological polar surface area (TPSA) is 65.7 Å². The first-order chi connectivity index (χ1) is 8.36. The molecule has 0 amide bonds. The molecule has 1 saturated heterocycles. The first-order valence-electron chi connectivity index (χ1n) is 6.51. The Bertz CT molecular complexity index is 175. The Labute approximate surface area is 104 Å². The zero-order chi connectivity index (χ0) is 12.3. The van der Waals surface area contributed by atoms with Gasteiger partial charge in [0.1, 0.15) is 0 Å². The van der Waals surface area contributed by atoms with Gasteiger partial charge >= 0.3 is 0 Å². The van der Waals surface area contributed by atoms with Crippen LogP contribution in [0.1, 0.15) is 32.1 Å². The van der Waals surface area contributed by atoms with E-state index in [0.29, 0.717) is 25.9 Å². The van der Waals surface area contributed by atoms with E-state index in [1.165, 1.54) is 12.8 Å². The third kappa shape index (κ3) is 6.95. The lowest BCUT2D eigenvalue weighted by atomic mass is 10.1. The van der Waals surface area contributed by atoms with Crippen molar-refractivity contribution in [3.05, 3.63) is 0 Å². The van der Waals surface area contributed by atoms with Crippen molar-refractivity contribution in [2.75, 3.05) is 33.5 Å². The molecule has 0 aliphatic carbocycles. The summed E-state index contributed by atoms with van der Waals surface area (Å²) in [5.74, 6) is 5.49. The molecule has 3 N–H and O–H groups in total. The molecule has 1 rings (SSSR count). The van der Waals surface area contributed by atoms with Crippen molar-refractivity contribution in [2.45, 2.75) is 44.2 Å². The van der Waals surface area contributed by atoms with Crippen molar-refractivity contribution in [1.29, 1.82) is 0 Å². The second-order valence-corrected chi connectivity index (χ2v) is 4.50. The SMILES string of the molecule is COCCOCC(CCCC1CCCO1)NN. The highest BCUT2D eigenvalue weighted by molar-refractivity contribution is 4.68. The van der Waals surface area contributed by atoms with Crippen LogP contribution in [-0.4, -0.2) is 45.7 Å². The van der Waals surface area contributed by atoms with Crippen molar-refractivity contribution < 1.29 is 14.2 Å². The third-order valence-corrected chi connectivity index (χ3v) is 3.09. The van der Waals surface area contributed by atoms with Gasteiger partial charge in [0.15, 0.2) is 0 Å². The quantitative estimate of drug-likeness (QED) is 0.339. The van der Waals surface area contributed by atoms with Gasteiger partial charge in [-0.15, -0.1) is 0 Å². The molecule has 0 aromatic heterocycles. The number of nitrogens with one attached hydrogen (secondary N) is 1. The van der Waals surface area contributed by atoms with Crippen molar-refractivity contribution in [3.8, 4) is 0 Å². The molecule has 0 radical (unpaired) electrons. The molecule has 5 heteroatoms. The molecule has 102 valence electrons. The van der Waals surface area contributed by atoms with Gasteiger partial charge in [0.25, 0.3) is 0 Å². The Balaban J connectivity index is 1.97. The summed E-state index contributed by atoms with van der Waals surface area (Å²) in [5.41, 5.74) is 2.80. The maximum Gasteiger partial charge on any atom is 0.0701 e. The van der Waals surface area contributed by atoms with Gasteiger partial charge in [-0.25, -0.2) is 0 Å². The Morgan fingerprint density at radius 3 is 3.00 bits per heavy atom. The monoisotopic (exact) mass is 246 g/mol. The second-order valence-electron chi connectivity index (χ2n) is 4.50. The van der Waals surface area contributed by atoms with E-state index in [1.807, 2.05) is 0 Å². The average molecular weight is 246 g/mol. The van der Waals surface area contributed by atoms with Crippen LogP contribution in [0.3, 0.4) is 0 Å². The summed E-state index contributed by atoms with van der Waals surface area (Å²) in [6.07, 6.45) is 6.20. The maximum absolute atomic E-state index is 5.58. The molecule has 1 aliphatic rings. The lowest BCUT2D eigenvalue weighted by Gasteiger charge is -2.17. The van der Waals surface area contributed by atoms with Gasteiger partial charge in [-0.05, 0) is 32.1 Å². The molecule has 0 spiro atoms. The van der Waals surface area contributed by atoms with Gasteiger partial charge < -0.3 is 14.2 Å². The summed E-state index contributed by atoms with van der Waals surface area (Å²) < 4.78 is 15.9. The molecular formula is C12H26N2O3. The van der Waals surface area contributed by atoms with Gasteiger partial charge in [0.2, 0.25) is 0 Å². The molecule has 17 heavy (non-hydrogen) atoms. The molecule has 1 fully saturated rings. The van der Waals surface area contributed by atoms with E-state index in [4.69, 9.17) is 20.1 Å². The number of hydrazine groups is 1. The fourth-order valence-corrected chi connectivity index (χ4v) is 2.05. The summed E-state index contributed by atoms with van der Waals surface area (Å²) in [5, 5.41) is 0. The largest absolute Gasteiger partial charge is 0.382 e. The highest BCUT2D eigenvalue weighted by Crippen LogP contribution is 2.18. The van der Waals surface area contributed by atoms with Gasteiger partial charge in [-0.3, -0.25) is 11.3 Å². The van der Waals surface area contributed by atoms with Gasteiger partial charge in [-0.2, -0.15) is 0 Å². The van der Waals surface area contributed by atoms with Crippen LogP contribution < -0.4 is 11.3 Å². The summed E-state index contributed by atoms with van der Waals surface area (Å²) in [7, 11) is 1.67. The number of ether oxygens (including phenoxy) is 3. The second kappa shape index (κ2) is 9.79. The number of hydrogen-bond donors (Lipinski definition) is 2. The molecule has 0 aromatic rings. The van der Waals surface area contributed by atoms with Crippen molar-refractivity contribution >= 4 is 0 Å². The van der Waals surface area contributed by atoms with Crippen LogP contribution in [0.2, 0.25) is 0 Å². The minimum Gasteiger partial charge on any atom is -0.382 e. The standard InChI is InChI=1S/C12H26N2O3/c1-15-8-9-16-10-11(14-13)4-2-5-12-6-3-7-17-12/h11-12,14H,2-10,13H2,1H3. The van der Waals surface area contributed by atoms with Gasteiger partial charge in [0, 0.05) is 19.8 Å². The zero-order valence-electron chi connectivity index (χ0n) is 10.8. The smallest absolute Gasteiger partial charge is 0.0701 e. The van der Waals surface area contributed by atoms with Crippen molar-refractivity contribution in [3.63, 3.8) is 0 Å². The molecule has 2 unspecified atom stereocenters. The van der Waals surface area contributed by atoms with Crippen molar-refractivity contribution in [1.82, 2.24) is 5.43 Å². The zero-order valence-corrected chi connectivity index (χ0v) is 10.8. The number of methoxy groups -OCH3 is 1. The van der Waals surface area contributed by atoms with Crippen LogP contribution in [0.4, 0.5) is 0 Å². The molecular weight excluding hydrogens is 220 g/mol. The number of rotatable bonds is 10. The Morgan fingerprint density at radius 2 is 2.35 bits per heavy atom. The van der Waals surface area contributed by atoms with Crippen LogP contribution in [0, 0.1) is 0 Å². The lowest BCUT2D eigenvalue weighted by Crippen LogP contribution is -2.39. The summed E-state index contributed by atoms with van der Waals surface area (Å²) in [6, 6.07) is 0.230. The molecule has 1 aliphatic heterocycles. The number of nitrogens with two attached hydrogens (primary N) is 1. The van der Waals surface area contributed by atoms with Crippen LogP contribution in [-0.2, 0) is 14.2 Å². The lowest BCUT2D eigenvalue weighted by molar-refractivity contribution is 0.0555. The minimum absolute atomic E-state index is 0.230. The van der Waals surface area contributed by atoms with Crippen molar-refractivity contribution in [2.24, 2.45) is 5.84 Å². The summed E-state index contributed by atoms with van der Waals surface area (Å²) in [4.78, 5) is 0. The molecule has 0 saturated carbocycles. The first-order valence-corrected chi connectivity index (χ1v) is 6.51. The molecule has 1 heterocycles. The molecule has 2 atom stereocenters. The normalized spacial score (nSPS) is 21.9. The average Bonchev–Trinajstić information content (AvgIpc) is 2.85. The van der Waals surface area contributed by atoms with Crippen LogP contribution in [0.15, 0.2) is 0 Å². The molecule has 0 aromatic carbocycles. The van der Waals surface area contributed by atoms with Crippen LogP contribution >= 0.6 is 0 Å². The van der Waals surface area contributed by atoms with E-state index in [-0.39, 0.29) is 6.04 Å². The Morgan fingerprint density at radius 1 is 1.47 bits per heavy atom. The molecule has 0 bridgehead atoms. The predicted octanol–water partition coefficient (Wildman–Crippen LogP) is 0.831. The van der Waals surface area contributed by atoms with E-state index >= 15 is 0 Å². The maximum atomic E-state index is 5.58. The summed E-state index contributed by atoms with van der Waals surface area (Å²) in [6.45, 7) is 2.84. The highest BCUT2D eigenvalue weighted by Gasteiger charge is 2.15. The highest BCUT2D eigenvalue weighted by atomic mass is 16.5. The predicted molar refractivity (Wildman–Crippen MR) is 66.6 cm³/mol. The van der Waals surface area contributed by atoms with E-state index in [9.17, 15) is 0 Å². The Kier molecular flexibility index (Phi) is 8.56. The Hall–Kier alpha value is -0.200. The van der Waals surface area contributed by atoms with Crippen LogP contribution in [0.5, 0.6) is 0 Å². The minimum atomic E-state index is 0.230. The van der Waals surface area contributed by atoms with Gasteiger partial charge in [0.05, 0.1) is 25.9 Å². The fourth-order valence-electron chi connectivity index (χ4n) is 2.05. The summed E-state index contributed by atoms with van der Waals surface area (Å²) >= 11 is 0. The third-order valence-electron chi connectivity index (χ3n) is 3.09. The van der Waals surface area contributed by atoms with E-state index < -0.39 is 0 Å². The van der Waals surface area contributed by atoms with E-state index in [0.717, 1.165) is 25.9 Å². The van der Waals surface area contributed by atoms with Gasteiger partial charge in [-0.1, -0.05) is 0 Å². The van der Waals surface area contributed by atoms with E-state index in [1.54, 1.807) is 7.11 Å². The van der Waals surface area contributed by atoms with Crippen LogP contribution in [0.25, 0.3) is 0 Å². The van der Waals surface area contributed by atoms with E-state index in [2.05, 4.69) is 5.43 Å².